The third-order valence-electron chi connectivity index (χ3n) is 6.08. The number of anilines is 1. The first kappa shape index (κ1) is 26.2. The molecule has 2 unspecified atom stereocenters. The Morgan fingerprint density at radius 3 is 2.26 bits per heavy atom. The Hall–Kier alpha value is -4.86. The minimum Gasteiger partial charge on any atom is -0.459 e. The Morgan fingerprint density at radius 1 is 0.974 bits per heavy atom. The summed E-state index contributed by atoms with van der Waals surface area (Å²) in [6.07, 6.45) is 0.244. The van der Waals surface area contributed by atoms with Crippen LogP contribution in [0.2, 0.25) is 0 Å². The second-order valence-corrected chi connectivity index (χ2v) is 8.70. The minimum absolute atomic E-state index is 0.0379. The number of para-hydroxylation sites is 1. The molecule has 0 fully saturated rings. The molecule has 196 valence electrons. The highest BCUT2D eigenvalue weighted by Gasteiger charge is 2.29. The van der Waals surface area contributed by atoms with Gasteiger partial charge in [0, 0.05) is 13.5 Å². The van der Waals surface area contributed by atoms with Crippen LogP contribution in [0, 0.1) is 6.92 Å². The standard InChI is InChI=1S/C28H28N4O6/c1-18-24(27(35)32(31(18)3)21-13-8-5-9-14-21)30-25(33)19(2)38-28(36)22(17-20-11-6-4-7-12-20)29-26(34)23-15-10-16-37-23/h4-16,19,22H,17H2,1-3H3,(H,29,34)(H,30,33). The second-order valence-electron chi connectivity index (χ2n) is 8.70. The van der Waals surface area contributed by atoms with Crippen LogP contribution < -0.4 is 16.2 Å². The van der Waals surface area contributed by atoms with Gasteiger partial charge in [-0.05, 0) is 43.7 Å². The van der Waals surface area contributed by atoms with E-state index in [9.17, 15) is 19.2 Å². The number of carbonyl (C=O) groups excluding carboxylic acids is 3. The molecule has 0 bridgehead atoms. The van der Waals surface area contributed by atoms with E-state index in [1.807, 2.05) is 36.4 Å². The number of esters is 1. The zero-order valence-corrected chi connectivity index (χ0v) is 21.2. The van der Waals surface area contributed by atoms with Crippen molar-refractivity contribution in [2.45, 2.75) is 32.4 Å². The van der Waals surface area contributed by atoms with Crippen molar-refractivity contribution in [3.63, 3.8) is 0 Å². The van der Waals surface area contributed by atoms with Crippen LogP contribution in [0.5, 0.6) is 0 Å². The van der Waals surface area contributed by atoms with Gasteiger partial charge >= 0.3 is 5.97 Å². The van der Waals surface area contributed by atoms with Crippen molar-refractivity contribution < 1.29 is 23.5 Å². The fourth-order valence-corrected chi connectivity index (χ4v) is 3.93. The van der Waals surface area contributed by atoms with Gasteiger partial charge in [-0.1, -0.05) is 48.5 Å². The van der Waals surface area contributed by atoms with E-state index in [-0.39, 0.29) is 17.9 Å². The van der Waals surface area contributed by atoms with Crippen molar-refractivity contribution in [3.8, 4) is 5.69 Å². The van der Waals surface area contributed by atoms with Crippen LogP contribution in [0.3, 0.4) is 0 Å². The molecule has 2 atom stereocenters. The van der Waals surface area contributed by atoms with Crippen LogP contribution in [0.1, 0.15) is 28.7 Å². The summed E-state index contributed by atoms with van der Waals surface area (Å²) >= 11 is 0. The molecule has 2 amide bonds. The molecule has 0 radical (unpaired) electrons. The van der Waals surface area contributed by atoms with Crippen molar-refractivity contribution in [3.05, 3.63) is 106 Å². The number of nitrogens with zero attached hydrogens (tertiary/aromatic N) is 2. The number of benzene rings is 2. The molecule has 0 aliphatic heterocycles. The van der Waals surface area contributed by atoms with Gasteiger partial charge in [0.1, 0.15) is 11.7 Å². The summed E-state index contributed by atoms with van der Waals surface area (Å²) in [4.78, 5) is 51.7. The summed E-state index contributed by atoms with van der Waals surface area (Å²) in [5, 5.41) is 5.21. The first-order valence-corrected chi connectivity index (χ1v) is 12.0. The zero-order chi connectivity index (χ0) is 27.2. The monoisotopic (exact) mass is 516 g/mol. The Bertz CT molecular complexity index is 1470. The topological polar surface area (TPSA) is 125 Å². The van der Waals surface area contributed by atoms with Gasteiger partial charge in [0.2, 0.25) is 0 Å². The van der Waals surface area contributed by atoms with Gasteiger partial charge < -0.3 is 19.8 Å². The van der Waals surface area contributed by atoms with Crippen LogP contribution in [0.4, 0.5) is 5.69 Å². The van der Waals surface area contributed by atoms with Crippen LogP contribution in [0.25, 0.3) is 5.69 Å². The maximum Gasteiger partial charge on any atom is 0.329 e. The number of hydrogen-bond donors (Lipinski definition) is 2. The third-order valence-corrected chi connectivity index (χ3v) is 6.08. The highest BCUT2D eigenvalue weighted by atomic mass is 16.5. The zero-order valence-electron chi connectivity index (χ0n) is 21.2. The first-order chi connectivity index (χ1) is 18.3. The number of amides is 2. The molecule has 2 aromatic heterocycles. The fraction of sp³-hybridized carbons (Fsp3) is 0.214. The number of rotatable bonds is 9. The van der Waals surface area contributed by atoms with Crippen molar-refractivity contribution in [2.24, 2.45) is 7.05 Å². The molecule has 2 heterocycles. The molecule has 10 nitrogen and oxygen atoms in total. The van der Waals surface area contributed by atoms with E-state index in [1.165, 1.54) is 23.9 Å². The van der Waals surface area contributed by atoms with Gasteiger partial charge in [0.05, 0.1) is 17.6 Å². The lowest BCUT2D eigenvalue weighted by Crippen LogP contribution is -2.45. The predicted octanol–water partition coefficient (Wildman–Crippen LogP) is 2.99. The van der Waals surface area contributed by atoms with E-state index in [0.717, 1.165) is 5.56 Å². The normalized spacial score (nSPS) is 12.4. The van der Waals surface area contributed by atoms with Crippen molar-refractivity contribution in [1.29, 1.82) is 0 Å². The molecule has 4 rings (SSSR count). The van der Waals surface area contributed by atoms with E-state index in [0.29, 0.717) is 11.4 Å². The average Bonchev–Trinajstić information content (AvgIpc) is 3.53. The molecular weight excluding hydrogens is 488 g/mol. The Kier molecular flexibility index (Phi) is 7.91. The maximum absolute atomic E-state index is 13.1. The van der Waals surface area contributed by atoms with Crippen LogP contribution in [0.15, 0.2) is 88.3 Å². The lowest BCUT2D eigenvalue weighted by atomic mass is 10.1. The molecule has 2 aromatic carbocycles. The Morgan fingerprint density at radius 2 is 1.63 bits per heavy atom. The fourth-order valence-electron chi connectivity index (χ4n) is 3.93. The Labute approximate surface area is 218 Å². The molecular formula is C28H28N4O6. The smallest absolute Gasteiger partial charge is 0.329 e. The summed E-state index contributed by atoms with van der Waals surface area (Å²) in [5.74, 6) is -2.04. The largest absolute Gasteiger partial charge is 0.459 e. The minimum atomic E-state index is -1.24. The number of nitrogens with one attached hydrogen (secondary N) is 2. The molecule has 0 spiro atoms. The summed E-state index contributed by atoms with van der Waals surface area (Å²) < 4.78 is 13.6. The number of furan rings is 1. The highest BCUT2D eigenvalue weighted by Crippen LogP contribution is 2.15. The number of hydrogen-bond acceptors (Lipinski definition) is 6. The van der Waals surface area contributed by atoms with Crippen molar-refractivity contribution in [1.82, 2.24) is 14.7 Å². The lowest BCUT2D eigenvalue weighted by molar-refractivity contribution is -0.155. The van der Waals surface area contributed by atoms with E-state index < -0.39 is 35.5 Å². The van der Waals surface area contributed by atoms with Crippen LogP contribution >= 0.6 is 0 Å². The van der Waals surface area contributed by atoms with E-state index >= 15 is 0 Å². The Balaban J connectivity index is 1.48. The van der Waals surface area contributed by atoms with Gasteiger partial charge in [0.25, 0.3) is 17.4 Å². The SMILES string of the molecule is Cc1c(NC(=O)C(C)OC(=O)C(Cc2ccccc2)NC(=O)c2ccco2)c(=O)n(-c2ccccc2)n1C. The lowest BCUT2D eigenvalue weighted by Gasteiger charge is -2.20. The molecule has 4 aromatic rings. The first-order valence-electron chi connectivity index (χ1n) is 12.0. The molecule has 0 saturated heterocycles. The summed E-state index contributed by atoms with van der Waals surface area (Å²) in [7, 11) is 1.71. The van der Waals surface area contributed by atoms with Gasteiger partial charge in [-0.25, -0.2) is 9.48 Å². The molecule has 0 aliphatic rings. The van der Waals surface area contributed by atoms with E-state index in [1.54, 1.807) is 49.0 Å². The summed E-state index contributed by atoms with van der Waals surface area (Å²) in [5.41, 5.74) is 1.61. The van der Waals surface area contributed by atoms with Crippen molar-refractivity contribution in [2.75, 3.05) is 5.32 Å². The van der Waals surface area contributed by atoms with E-state index in [4.69, 9.17) is 9.15 Å². The van der Waals surface area contributed by atoms with Crippen LogP contribution in [-0.4, -0.2) is 39.3 Å². The van der Waals surface area contributed by atoms with E-state index in [2.05, 4.69) is 10.6 Å². The number of carbonyl (C=O) groups is 3. The second kappa shape index (κ2) is 11.5. The summed E-state index contributed by atoms with van der Waals surface area (Å²) in [6, 6.07) is 20.0. The predicted molar refractivity (Wildman–Crippen MR) is 140 cm³/mol. The van der Waals surface area contributed by atoms with Crippen LogP contribution in [-0.2, 0) is 27.8 Å². The van der Waals surface area contributed by atoms with Crippen molar-refractivity contribution >= 4 is 23.5 Å². The highest BCUT2D eigenvalue weighted by molar-refractivity contribution is 5.97. The number of aromatic nitrogens is 2. The molecule has 2 N–H and O–H groups in total. The van der Waals surface area contributed by atoms with Gasteiger partial charge in [-0.2, -0.15) is 0 Å². The number of ether oxygens (including phenoxy) is 1. The molecule has 0 aliphatic carbocycles. The quantitative estimate of drug-likeness (QED) is 0.330. The van der Waals surface area contributed by atoms with Gasteiger partial charge in [0.15, 0.2) is 11.9 Å². The van der Waals surface area contributed by atoms with Gasteiger partial charge in [-0.3, -0.25) is 19.1 Å². The van der Waals surface area contributed by atoms with Gasteiger partial charge in [-0.15, -0.1) is 0 Å². The third kappa shape index (κ3) is 5.75. The maximum atomic E-state index is 13.1. The molecule has 10 heteroatoms. The summed E-state index contributed by atoms with van der Waals surface area (Å²) in [6.45, 7) is 3.10. The molecule has 0 saturated carbocycles. The molecule has 38 heavy (non-hydrogen) atoms. The average molecular weight is 517 g/mol.